The van der Waals surface area contributed by atoms with Crippen LogP contribution in [0.3, 0.4) is 0 Å². The predicted molar refractivity (Wildman–Crippen MR) is 131 cm³/mol. The average Bonchev–Trinajstić information content (AvgIpc) is 3.14. The lowest BCUT2D eigenvalue weighted by Gasteiger charge is -2.20. The van der Waals surface area contributed by atoms with E-state index in [-0.39, 0.29) is 35.2 Å². The summed E-state index contributed by atoms with van der Waals surface area (Å²) in [6.45, 7) is 8.95. The van der Waals surface area contributed by atoms with Gasteiger partial charge in [0.05, 0.1) is 40.7 Å². The number of nitrogens with two attached hydrogens (primary N) is 1. The van der Waals surface area contributed by atoms with E-state index >= 15 is 0 Å². The van der Waals surface area contributed by atoms with Gasteiger partial charge in [0, 0.05) is 24.8 Å². The second kappa shape index (κ2) is 10.8. The number of aromatic nitrogens is 4. The van der Waals surface area contributed by atoms with Gasteiger partial charge in [-0.3, -0.25) is 0 Å². The Kier molecular flexibility index (Phi) is 8.29. The molecular formula is C23H32ClFN6O3. The molecule has 1 atom stereocenters. The maximum Gasteiger partial charge on any atom is 0.220 e. The SMILES string of the molecule is CC(C)n1c(NCC(C)(C)O)nc2c(F)cc(-c3nc(N)ncc3Cl)cc21.OC1CCCOC1. The summed E-state index contributed by atoms with van der Waals surface area (Å²) in [4.78, 5) is 12.4. The van der Waals surface area contributed by atoms with Crippen LogP contribution < -0.4 is 11.1 Å². The van der Waals surface area contributed by atoms with E-state index in [4.69, 9.17) is 27.2 Å². The van der Waals surface area contributed by atoms with Crippen LogP contribution in [0, 0.1) is 5.82 Å². The van der Waals surface area contributed by atoms with Crippen LogP contribution in [0.1, 0.15) is 46.6 Å². The minimum atomic E-state index is -0.935. The van der Waals surface area contributed by atoms with Gasteiger partial charge in [-0.05, 0) is 52.7 Å². The number of nitrogen functional groups attached to an aromatic ring is 1. The van der Waals surface area contributed by atoms with Crippen LogP contribution in [0.15, 0.2) is 18.3 Å². The van der Waals surface area contributed by atoms with Gasteiger partial charge in [-0.2, -0.15) is 0 Å². The van der Waals surface area contributed by atoms with Crippen LogP contribution in [0.25, 0.3) is 22.3 Å². The molecule has 0 bridgehead atoms. The molecule has 1 fully saturated rings. The molecule has 0 spiro atoms. The van der Waals surface area contributed by atoms with Crippen LogP contribution in [-0.4, -0.2) is 61.2 Å². The number of hydrogen-bond acceptors (Lipinski definition) is 8. The van der Waals surface area contributed by atoms with E-state index in [1.165, 1.54) is 12.3 Å². The molecule has 1 aromatic carbocycles. The van der Waals surface area contributed by atoms with E-state index in [9.17, 15) is 9.50 Å². The number of rotatable bonds is 5. The van der Waals surface area contributed by atoms with E-state index in [0.29, 0.717) is 29.3 Å². The number of anilines is 2. The number of benzene rings is 1. The number of nitrogens with zero attached hydrogens (tertiary/aromatic N) is 4. The molecule has 5 N–H and O–H groups in total. The Morgan fingerprint density at radius 3 is 2.65 bits per heavy atom. The van der Waals surface area contributed by atoms with Crippen molar-refractivity contribution < 1.29 is 19.3 Å². The maximum absolute atomic E-state index is 14.8. The summed E-state index contributed by atoms with van der Waals surface area (Å²) in [6, 6.07) is 3.10. The highest BCUT2D eigenvalue weighted by Crippen LogP contribution is 2.33. The molecule has 1 saturated heterocycles. The molecular weight excluding hydrogens is 463 g/mol. The molecule has 0 aliphatic carbocycles. The van der Waals surface area contributed by atoms with Gasteiger partial charge in [0.15, 0.2) is 5.82 Å². The van der Waals surface area contributed by atoms with Crippen molar-refractivity contribution in [3.8, 4) is 11.3 Å². The first-order chi connectivity index (χ1) is 16.0. The number of hydrogen-bond donors (Lipinski definition) is 4. The third-order valence-corrected chi connectivity index (χ3v) is 5.39. The fourth-order valence-corrected chi connectivity index (χ4v) is 3.74. The van der Waals surface area contributed by atoms with Crippen molar-refractivity contribution in [1.29, 1.82) is 0 Å². The third kappa shape index (κ3) is 6.53. The minimum absolute atomic E-state index is 0.0000966. The molecule has 34 heavy (non-hydrogen) atoms. The molecule has 1 aliphatic rings. The smallest absolute Gasteiger partial charge is 0.220 e. The van der Waals surface area contributed by atoms with Crippen LogP contribution in [0.5, 0.6) is 0 Å². The summed E-state index contributed by atoms with van der Waals surface area (Å²) in [6.07, 6.45) is 3.13. The molecule has 186 valence electrons. The van der Waals surface area contributed by atoms with Crippen LogP contribution in [0.2, 0.25) is 5.02 Å². The van der Waals surface area contributed by atoms with E-state index < -0.39 is 11.4 Å². The van der Waals surface area contributed by atoms with Gasteiger partial charge in [0.25, 0.3) is 0 Å². The minimum Gasteiger partial charge on any atom is -0.391 e. The highest BCUT2D eigenvalue weighted by molar-refractivity contribution is 6.33. The molecule has 1 unspecified atom stereocenters. The van der Waals surface area contributed by atoms with Crippen molar-refractivity contribution >= 4 is 34.5 Å². The van der Waals surface area contributed by atoms with Gasteiger partial charge in [-0.1, -0.05) is 11.6 Å². The standard InChI is InChI=1S/C18H22ClFN6O.C5H10O2/c1-9(2)26-13-6-10(14-11(19)7-22-16(21)24-14)5-12(20)15(13)25-17(26)23-8-18(3,4)27;6-5-2-1-3-7-4-5/h5-7,9,27H,8H2,1-4H3,(H,23,25)(H2,21,22,24);5-6H,1-4H2. The Morgan fingerprint density at radius 1 is 1.35 bits per heavy atom. The van der Waals surface area contributed by atoms with Crippen molar-refractivity contribution in [3.05, 3.63) is 29.2 Å². The third-order valence-electron chi connectivity index (χ3n) is 5.12. The number of aliphatic hydroxyl groups is 2. The van der Waals surface area contributed by atoms with Gasteiger partial charge < -0.3 is 30.6 Å². The number of aliphatic hydroxyl groups excluding tert-OH is 1. The Morgan fingerprint density at radius 2 is 2.09 bits per heavy atom. The van der Waals surface area contributed by atoms with Gasteiger partial charge in [-0.15, -0.1) is 0 Å². The summed E-state index contributed by atoms with van der Waals surface area (Å²) in [5.41, 5.74) is 6.37. The van der Waals surface area contributed by atoms with Crippen LogP contribution in [-0.2, 0) is 4.74 Å². The summed E-state index contributed by atoms with van der Waals surface area (Å²) in [5.74, 6) is 0.0349. The second-order valence-electron chi connectivity index (χ2n) is 9.19. The zero-order valence-electron chi connectivity index (χ0n) is 19.8. The van der Waals surface area contributed by atoms with Crippen molar-refractivity contribution in [3.63, 3.8) is 0 Å². The van der Waals surface area contributed by atoms with E-state index in [1.807, 2.05) is 18.4 Å². The number of ether oxygens (including phenoxy) is 1. The molecule has 1 aliphatic heterocycles. The van der Waals surface area contributed by atoms with E-state index in [0.717, 1.165) is 19.4 Å². The van der Waals surface area contributed by atoms with E-state index in [1.54, 1.807) is 19.9 Å². The lowest BCUT2D eigenvalue weighted by molar-refractivity contribution is -0.00535. The van der Waals surface area contributed by atoms with Gasteiger partial charge >= 0.3 is 0 Å². The number of imidazole rings is 1. The summed E-state index contributed by atoms with van der Waals surface area (Å²) < 4.78 is 21.6. The predicted octanol–water partition coefficient (Wildman–Crippen LogP) is 3.79. The summed E-state index contributed by atoms with van der Waals surface area (Å²) >= 11 is 6.18. The van der Waals surface area contributed by atoms with Gasteiger partial charge in [0.1, 0.15) is 5.52 Å². The molecule has 0 saturated carbocycles. The molecule has 0 amide bonds. The fourth-order valence-electron chi connectivity index (χ4n) is 3.54. The number of fused-ring (bicyclic) bond motifs is 1. The first-order valence-electron chi connectivity index (χ1n) is 11.2. The highest BCUT2D eigenvalue weighted by atomic mass is 35.5. The Bertz CT molecular complexity index is 1130. The molecule has 0 radical (unpaired) electrons. The molecule has 2 aromatic heterocycles. The van der Waals surface area contributed by atoms with E-state index in [2.05, 4.69) is 20.3 Å². The lowest BCUT2D eigenvalue weighted by atomic mass is 10.1. The van der Waals surface area contributed by atoms with Crippen molar-refractivity contribution in [2.75, 3.05) is 30.8 Å². The zero-order chi connectivity index (χ0) is 25.0. The van der Waals surface area contributed by atoms with Gasteiger partial charge in [0.2, 0.25) is 11.9 Å². The normalized spacial score (nSPS) is 16.4. The van der Waals surface area contributed by atoms with Gasteiger partial charge in [-0.25, -0.2) is 19.3 Å². The summed E-state index contributed by atoms with van der Waals surface area (Å²) in [7, 11) is 0. The van der Waals surface area contributed by atoms with Crippen LogP contribution in [0.4, 0.5) is 16.3 Å². The largest absolute Gasteiger partial charge is 0.391 e. The molecule has 3 aromatic rings. The topological polar surface area (TPSA) is 131 Å². The number of nitrogens with one attached hydrogen (secondary N) is 1. The Balaban J connectivity index is 0.000000396. The fraction of sp³-hybridized carbons (Fsp3) is 0.522. The zero-order valence-corrected chi connectivity index (χ0v) is 20.6. The molecule has 4 rings (SSSR count). The summed E-state index contributed by atoms with van der Waals surface area (Å²) in [5, 5.41) is 22.1. The van der Waals surface area contributed by atoms with Crippen LogP contribution >= 0.6 is 11.6 Å². The second-order valence-corrected chi connectivity index (χ2v) is 9.59. The Labute approximate surface area is 203 Å². The maximum atomic E-state index is 14.8. The van der Waals surface area contributed by atoms with Crippen molar-refractivity contribution in [2.24, 2.45) is 0 Å². The molecule has 3 heterocycles. The van der Waals surface area contributed by atoms with Crippen molar-refractivity contribution in [2.45, 2.75) is 58.3 Å². The van der Waals surface area contributed by atoms with Crippen molar-refractivity contribution in [1.82, 2.24) is 19.5 Å². The lowest BCUT2D eigenvalue weighted by Crippen LogP contribution is -2.30. The molecule has 9 nitrogen and oxygen atoms in total. The highest BCUT2D eigenvalue weighted by Gasteiger charge is 2.21. The quantitative estimate of drug-likeness (QED) is 0.421. The first-order valence-corrected chi connectivity index (χ1v) is 11.6. The molecule has 11 heteroatoms. The average molecular weight is 495 g/mol. The first kappa shape index (κ1) is 26.1. The monoisotopic (exact) mass is 494 g/mol. The Hall–Kier alpha value is -2.53. The number of halogens is 2.